The average molecular weight is 418 g/mol. The highest BCUT2D eigenvalue weighted by Crippen LogP contribution is 2.19. The Morgan fingerprint density at radius 1 is 1.10 bits per heavy atom. The van der Waals surface area contributed by atoms with Gasteiger partial charge < -0.3 is 20.3 Å². The van der Waals surface area contributed by atoms with Crippen LogP contribution in [0.1, 0.15) is 37.1 Å². The van der Waals surface area contributed by atoms with Crippen molar-refractivity contribution < 1.29 is 19.7 Å². The maximum Gasteiger partial charge on any atom is 0.275 e. The van der Waals surface area contributed by atoms with Gasteiger partial charge >= 0.3 is 0 Å². The lowest BCUT2D eigenvalue weighted by atomic mass is 9.98. The van der Waals surface area contributed by atoms with Gasteiger partial charge in [-0.25, -0.2) is 0 Å². The van der Waals surface area contributed by atoms with E-state index in [1.165, 1.54) is 10.5 Å². The van der Waals surface area contributed by atoms with Crippen LogP contribution in [0.15, 0.2) is 54.6 Å². The monoisotopic (exact) mass is 417 g/mol. The summed E-state index contributed by atoms with van der Waals surface area (Å²) in [4.78, 5) is 14.1. The fourth-order valence-corrected chi connectivity index (χ4v) is 4.44. The van der Waals surface area contributed by atoms with Gasteiger partial charge in [0, 0.05) is 16.1 Å². The summed E-state index contributed by atoms with van der Waals surface area (Å²) in [6, 6.07) is 18.6. The van der Waals surface area contributed by atoms with Crippen LogP contribution in [0, 0.1) is 0 Å². The zero-order valence-electron chi connectivity index (χ0n) is 17.2. The molecule has 0 radical (unpaired) electrons. The Kier molecular flexibility index (Phi) is 8.07. The quantitative estimate of drug-likeness (QED) is 0.603. The molecule has 5 nitrogen and oxygen atoms in total. The normalized spacial score (nSPS) is 18.0. The van der Waals surface area contributed by atoms with Crippen LogP contribution < -0.4 is 15.5 Å². The summed E-state index contributed by atoms with van der Waals surface area (Å²) in [5.74, 6) is 0.0463. The molecule has 1 aliphatic rings. The molecule has 0 spiro atoms. The maximum absolute atomic E-state index is 12.7. The van der Waals surface area contributed by atoms with Gasteiger partial charge in [-0.2, -0.15) is 0 Å². The van der Waals surface area contributed by atoms with E-state index in [1.54, 1.807) is 0 Å². The number of carbonyl (C=O) groups excluding carboxylic acids is 1. The molecule has 0 unspecified atom stereocenters. The number of hydrogen-bond donors (Lipinski definition) is 3. The zero-order valence-corrected chi connectivity index (χ0v) is 18.0. The molecule has 2 aromatic rings. The van der Waals surface area contributed by atoms with Gasteiger partial charge in [-0.1, -0.05) is 60.1 Å². The van der Waals surface area contributed by atoms with Gasteiger partial charge in [0.05, 0.1) is 19.3 Å². The first-order chi connectivity index (χ1) is 14.1. The second-order valence-corrected chi connectivity index (χ2v) is 8.17. The van der Waals surface area contributed by atoms with Crippen molar-refractivity contribution in [1.82, 2.24) is 5.32 Å². The zero-order chi connectivity index (χ0) is 20.6. The van der Waals surface area contributed by atoms with E-state index in [4.69, 9.17) is 16.3 Å². The molecular formula is C23H32ClN3O2+2. The van der Waals surface area contributed by atoms with Crippen molar-refractivity contribution in [2.24, 2.45) is 0 Å². The highest BCUT2D eigenvalue weighted by atomic mass is 35.5. The largest absolute Gasteiger partial charge is 0.370 e. The van der Waals surface area contributed by atoms with E-state index in [1.807, 2.05) is 35.6 Å². The fraction of sp³-hybridized carbons (Fsp3) is 0.435. The number of nitrogens with one attached hydrogen (secondary N) is 2. The Bertz CT molecular complexity index is 781. The third-order valence-corrected chi connectivity index (χ3v) is 6.02. The van der Waals surface area contributed by atoms with Gasteiger partial charge in [-0.3, -0.25) is 4.79 Å². The molecule has 0 saturated carbocycles. The molecule has 0 aromatic heterocycles. The molecule has 1 saturated heterocycles. The van der Waals surface area contributed by atoms with Crippen LogP contribution in [-0.2, 0) is 9.53 Å². The molecular weight excluding hydrogens is 386 g/mol. The SMILES string of the molecule is C[C@H]([NH2+]CC(=O)N[C@H](C)[C@@H](c1ccccc1)[NH+]1CCOCC1)c1ccccc1Cl. The van der Waals surface area contributed by atoms with Gasteiger partial charge in [0.15, 0.2) is 6.54 Å². The van der Waals surface area contributed by atoms with Crippen molar-refractivity contribution in [2.75, 3.05) is 32.8 Å². The number of benzene rings is 2. The van der Waals surface area contributed by atoms with Crippen molar-refractivity contribution >= 4 is 17.5 Å². The van der Waals surface area contributed by atoms with Gasteiger partial charge in [0.1, 0.15) is 25.2 Å². The summed E-state index contributed by atoms with van der Waals surface area (Å²) in [6.07, 6.45) is 0. The van der Waals surface area contributed by atoms with Crippen LogP contribution in [0.4, 0.5) is 0 Å². The highest BCUT2D eigenvalue weighted by Gasteiger charge is 2.32. The van der Waals surface area contributed by atoms with Gasteiger partial charge in [-0.15, -0.1) is 0 Å². The summed E-state index contributed by atoms with van der Waals surface area (Å²) in [7, 11) is 0. The van der Waals surface area contributed by atoms with E-state index in [2.05, 4.69) is 43.4 Å². The molecule has 1 heterocycles. The summed E-state index contributed by atoms with van der Waals surface area (Å²) in [6.45, 7) is 7.99. The Hall–Kier alpha value is -1.92. The fourth-order valence-electron chi connectivity index (χ4n) is 4.13. The molecule has 0 bridgehead atoms. The minimum Gasteiger partial charge on any atom is -0.370 e. The van der Waals surface area contributed by atoms with Gasteiger partial charge in [-0.05, 0) is 19.9 Å². The van der Waals surface area contributed by atoms with Crippen molar-refractivity contribution in [1.29, 1.82) is 0 Å². The van der Waals surface area contributed by atoms with E-state index in [0.29, 0.717) is 6.54 Å². The molecule has 2 aromatic carbocycles. The van der Waals surface area contributed by atoms with Crippen molar-refractivity contribution in [3.05, 3.63) is 70.7 Å². The summed E-state index contributed by atoms with van der Waals surface area (Å²) >= 11 is 6.28. The van der Waals surface area contributed by atoms with Gasteiger partial charge in [0.2, 0.25) is 0 Å². The first-order valence-corrected chi connectivity index (χ1v) is 10.8. The van der Waals surface area contributed by atoms with E-state index in [-0.39, 0.29) is 24.0 Å². The molecule has 3 atom stereocenters. The molecule has 3 rings (SSSR count). The smallest absolute Gasteiger partial charge is 0.275 e. The number of rotatable bonds is 8. The number of amides is 1. The Labute approximate surface area is 178 Å². The molecule has 1 fully saturated rings. The first kappa shape index (κ1) is 21.8. The molecule has 156 valence electrons. The van der Waals surface area contributed by atoms with Crippen molar-refractivity contribution in [3.8, 4) is 0 Å². The van der Waals surface area contributed by atoms with Crippen LogP contribution in [0.5, 0.6) is 0 Å². The van der Waals surface area contributed by atoms with Crippen LogP contribution in [0.2, 0.25) is 5.02 Å². The van der Waals surface area contributed by atoms with Crippen LogP contribution in [-0.4, -0.2) is 44.8 Å². The number of ether oxygens (including phenoxy) is 1. The second-order valence-electron chi connectivity index (χ2n) is 7.77. The van der Waals surface area contributed by atoms with E-state index in [0.717, 1.165) is 36.9 Å². The third kappa shape index (κ3) is 6.03. The highest BCUT2D eigenvalue weighted by molar-refractivity contribution is 6.31. The molecule has 6 heteroatoms. The summed E-state index contributed by atoms with van der Waals surface area (Å²) in [5.41, 5.74) is 2.31. The predicted octanol–water partition coefficient (Wildman–Crippen LogP) is 1.13. The third-order valence-electron chi connectivity index (χ3n) is 5.67. The summed E-state index contributed by atoms with van der Waals surface area (Å²) < 4.78 is 5.54. The van der Waals surface area contributed by atoms with E-state index in [9.17, 15) is 4.79 Å². The molecule has 1 aliphatic heterocycles. The van der Waals surface area contributed by atoms with E-state index >= 15 is 0 Å². The number of carbonyl (C=O) groups is 1. The Morgan fingerprint density at radius 2 is 1.76 bits per heavy atom. The minimum absolute atomic E-state index is 0.0296. The van der Waals surface area contributed by atoms with Crippen LogP contribution in [0.25, 0.3) is 0 Å². The molecule has 0 aliphatic carbocycles. The maximum atomic E-state index is 12.7. The van der Waals surface area contributed by atoms with Crippen molar-refractivity contribution in [2.45, 2.75) is 32.0 Å². The number of quaternary nitrogens is 2. The minimum atomic E-state index is 0.0296. The predicted molar refractivity (Wildman–Crippen MR) is 115 cm³/mol. The molecule has 4 N–H and O–H groups in total. The van der Waals surface area contributed by atoms with Gasteiger partial charge in [0.25, 0.3) is 5.91 Å². The van der Waals surface area contributed by atoms with Crippen LogP contribution in [0.3, 0.4) is 0 Å². The Morgan fingerprint density at radius 3 is 2.45 bits per heavy atom. The summed E-state index contributed by atoms with van der Waals surface area (Å²) in [5, 5.41) is 6.00. The Balaban J connectivity index is 1.60. The van der Waals surface area contributed by atoms with Crippen molar-refractivity contribution in [3.63, 3.8) is 0 Å². The lowest BCUT2D eigenvalue weighted by Gasteiger charge is -2.35. The lowest BCUT2D eigenvalue weighted by molar-refractivity contribution is -0.940. The van der Waals surface area contributed by atoms with E-state index < -0.39 is 0 Å². The van der Waals surface area contributed by atoms with Crippen LogP contribution >= 0.6 is 11.6 Å². The first-order valence-electron chi connectivity index (χ1n) is 10.4. The average Bonchev–Trinajstić information content (AvgIpc) is 2.74. The molecule has 1 amide bonds. The number of morpholine rings is 1. The number of halogens is 1. The molecule has 29 heavy (non-hydrogen) atoms. The standard InChI is InChI=1S/C23H30ClN3O2/c1-17(20-10-6-7-11-21(20)24)25-16-22(28)26-18(2)23(19-8-4-3-5-9-19)27-12-14-29-15-13-27/h3-11,17-18,23,25H,12-16H2,1-2H3,(H,26,28)/p+2/t17-,18+,23-/m0/s1. The lowest BCUT2D eigenvalue weighted by Crippen LogP contribution is -3.15. The number of nitrogens with two attached hydrogens (primary N) is 1. The second kappa shape index (κ2) is 10.7. The topological polar surface area (TPSA) is 59.4 Å². The number of hydrogen-bond acceptors (Lipinski definition) is 2.